The van der Waals surface area contributed by atoms with Crippen molar-refractivity contribution in [2.24, 2.45) is 0 Å². The predicted octanol–water partition coefficient (Wildman–Crippen LogP) is 2.45. The Balaban J connectivity index is 2.80. The van der Waals surface area contributed by atoms with E-state index in [1.165, 1.54) is 0 Å². The van der Waals surface area contributed by atoms with E-state index in [1.807, 2.05) is 25.1 Å². The molecule has 0 spiro atoms. The van der Waals surface area contributed by atoms with Crippen molar-refractivity contribution in [1.82, 2.24) is 0 Å². The molecule has 0 atom stereocenters. The maximum absolute atomic E-state index is 11.4. The van der Waals surface area contributed by atoms with Crippen LogP contribution in [0.1, 0.15) is 23.6 Å². The fraction of sp³-hybridized carbons (Fsp3) is 0.429. The topological polar surface area (TPSA) is 43.4 Å². The van der Waals surface area contributed by atoms with Gasteiger partial charge in [0.1, 0.15) is 0 Å². The summed E-state index contributed by atoms with van der Waals surface area (Å²) in [5.41, 5.74) is 2.80. The Labute approximate surface area is 112 Å². The first-order valence-electron chi connectivity index (χ1n) is 5.88. The Bertz CT molecular complexity index is 441. The molecule has 0 unspecified atom stereocenters. The van der Waals surface area contributed by atoms with Crippen LogP contribution in [-0.2, 0) is 27.2 Å². The van der Waals surface area contributed by atoms with Crippen LogP contribution in [0.25, 0.3) is 0 Å². The van der Waals surface area contributed by atoms with Crippen LogP contribution in [0.2, 0.25) is 0 Å². The van der Waals surface area contributed by atoms with Crippen LogP contribution < -0.4 is 0 Å². The van der Waals surface area contributed by atoms with E-state index in [2.05, 4.69) is 0 Å². The van der Waals surface area contributed by atoms with Crippen molar-refractivity contribution in [3.8, 4) is 0 Å². The van der Waals surface area contributed by atoms with E-state index in [4.69, 9.17) is 16.3 Å². The quantitative estimate of drug-likeness (QED) is 0.588. The molecule has 1 aromatic carbocycles. The Hall–Kier alpha value is -1.35. The molecule has 98 valence electrons. The number of benzene rings is 1. The molecule has 0 aromatic heterocycles. The molecule has 0 bridgehead atoms. The summed E-state index contributed by atoms with van der Waals surface area (Å²) >= 11 is 5.47. The molecular weight excluding hydrogens is 252 g/mol. The maximum Gasteiger partial charge on any atom is 0.310 e. The van der Waals surface area contributed by atoms with Gasteiger partial charge in [0.05, 0.1) is 18.9 Å². The van der Waals surface area contributed by atoms with Gasteiger partial charge in [0.15, 0.2) is 5.78 Å². The molecule has 0 saturated carbocycles. The number of ketones is 1. The third-order valence-electron chi connectivity index (χ3n) is 2.60. The van der Waals surface area contributed by atoms with E-state index in [0.29, 0.717) is 13.0 Å². The first-order chi connectivity index (χ1) is 8.56. The Morgan fingerprint density at radius 3 is 2.61 bits per heavy atom. The number of alkyl halides is 1. The normalized spacial score (nSPS) is 10.2. The zero-order valence-corrected chi connectivity index (χ0v) is 11.4. The van der Waals surface area contributed by atoms with Gasteiger partial charge in [0.25, 0.3) is 0 Å². The van der Waals surface area contributed by atoms with Crippen molar-refractivity contribution >= 4 is 23.4 Å². The van der Waals surface area contributed by atoms with Gasteiger partial charge in [-0.15, -0.1) is 11.6 Å². The highest BCUT2D eigenvalue weighted by molar-refractivity contribution is 6.27. The molecule has 0 amide bonds. The number of rotatable bonds is 6. The van der Waals surface area contributed by atoms with E-state index in [1.54, 1.807) is 6.92 Å². The van der Waals surface area contributed by atoms with Gasteiger partial charge in [-0.25, -0.2) is 0 Å². The SMILES string of the molecule is CCOC(=O)Cc1cc(CC(=O)CCl)ccc1C. The Kier molecular flexibility index (Phi) is 5.86. The van der Waals surface area contributed by atoms with E-state index < -0.39 is 0 Å². The first-order valence-corrected chi connectivity index (χ1v) is 6.42. The second kappa shape index (κ2) is 7.17. The molecular formula is C14H17ClO3. The molecule has 1 rings (SSSR count). The van der Waals surface area contributed by atoms with Gasteiger partial charge >= 0.3 is 5.97 Å². The lowest BCUT2D eigenvalue weighted by Crippen LogP contribution is -2.10. The summed E-state index contributed by atoms with van der Waals surface area (Å²) in [7, 11) is 0. The van der Waals surface area contributed by atoms with E-state index in [9.17, 15) is 9.59 Å². The molecule has 18 heavy (non-hydrogen) atoms. The summed E-state index contributed by atoms with van der Waals surface area (Å²) in [6.45, 7) is 4.09. The minimum Gasteiger partial charge on any atom is -0.466 e. The van der Waals surface area contributed by atoms with Crippen LogP contribution in [-0.4, -0.2) is 24.2 Å². The molecule has 0 saturated heterocycles. The van der Waals surface area contributed by atoms with Crippen LogP contribution in [0.4, 0.5) is 0 Å². The van der Waals surface area contributed by atoms with Crippen LogP contribution in [0.3, 0.4) is 0 Å². The Morgan fingerprint density at radius 2 is 2.00 bits per heavy atom. The number of aryl methyl sites for hydroxylation is 1. The second-order valence-corrected chi connectivity index (χ2v) is 4.36. The zero-order chi connectivity index (χ0) is 13.5. The van der Waals surface area contributed by atoms with Crippen molar-refractivity contribution in [2.45, 2.75) is 26.7 Å². The van der Waals surface area contributed by atoms with Crippen molar-refractivity contribution in [3.05, 3.63) is 34.9 Å². The highest BCUT2D eigenvalue weighted by Crippen LogP contribution is 2.13. The van der Waals surface area contributed by atoms with Crippen molar-refractivity contribution in [1.29, 1.82) is 0 Å². The zero-order valence-electron chi connectivity index (χ0n) is 10.7. The maximum atomic E-state index is 11.4. The van der Waals surface area contributed by atoms with Gasteiger partial charge in [-0.3, -0.25) is 9.59 Å². The fourth-order valence-electron chi connectivity index (χ4n) is 1.67. The molecule has 3 nitrogen and oxygen atoms in total. The summed E-state index contributed by atoms with van der Waals surface area (Å²) in [6, 6.07) is 5.66. The number of carbonyl (C=O) groups is 2. The first kappa shape index (κ1) is 14.7. The number of hydrogen-bond donors (Lipinski definition) is 0. The van der Waals surface area contributed by atoms with Gasteiger partial charge in [-0.1, -0.05) is 18.2 Å². The monoisotopic (exact) mass is 268 g/mol. The van der Waals surface area contributed by atoms with E-state index in [-0.39, 0.29) is 24.1 Å². The second-order valence-electron chi connectivity index (χ2n) is 4.09. The van der Waals surface area contributed by atoms with Crippen LogP contribution >= 0.6 is 11.6 Å². The molecule has 0 aliphatic heterocycles. The van der Waals surface area contributed by atoms with Gasteiger partial charge in [-0.2, -0.15) is 0 Å². The minimum atomic E-state index is -0.249. The molecule has 0 heterocycles. The minimum absolute atomic E-state index is 0.0150. The van der Waals surface area contributed by atoms with E-state index >= 15 is 0 Å². The molecule has 0 fully saturated rings. The number of Topliss-reactive ketones (excluding diaryl/α,β-unsaturated/α-hetero) is 1. The van der Waals surface area contributed by atoms with Gasteiger partial charge in [-0.05, 0) is 30.5 Å². The van der Waals surface area contributed by atoms with Crippen LogP contribution in [0.15, 0.2) is 18.2 Å². The average Bonchev–Trinajstić information content (AvgIpc) is 2.33. The lowest BCUT2D eigenvalue weighted by molar-refractivity contribution is -0.142. The van der Waals surface area contributed by atoms with Crippen LogP contribution in [0.5, 0.6) is 0 Å². The average molecular weight is 269 g/mol. The number of esters is 1. The van der Waals surface area contributed by atoms with Gasteiger partial charge < -0.3 is 4.74 Å². The molecule has 1 aromatic rings. The van der Waals surface area contributed by atoms with Crippen molar-refractivity contribution < 1.29 is 14.3 Å². The lowest BCUT2D eigenvalue weighted by Gasteiger charge is -2.08. The summed E-state index contributed by atoms with van der Waals surface area (Å²) in [5, 5.41) is 0. The van der Waals surface area contributed by atoms with Crippen molar-refractivity contribution in [3.63, 3.8) is 0 Å². The number of carbonyl (C=O) groups excluding carboxylic acids is 2. The van der Waals surface area contributed by atoms with Crippen molar-refractivity contribution in [2.75, 3.05) is 12.5 Å². The lowest BCUT2D eigenvalue weighted by atomic mass is 10.00. The molecule has 0 aliphatic rings. The highest BCUT2D eigenvalue weighted by Gasteiger charge is 2.09. The predicted molar refractivity (Wildman–Crippen MR) is 70.9 cm³/mol. The van der Waals surface area contributed by atoms with E-state index in [0.717, 1.165) is 16.7 Å². The van der Waals surface area contributed by atoms with Gasteiger partial charge in [0.2, 0.25) is 0 Å². The molecule has 4 heteroatoms. The number of hydrogen-bond acceptors (Lipinski definition) is 3. The smallest absolute Gasteiger partial charge is 0.310 e. The third-order valence-corrected chi connectivity index (χ3v) is 2.90. The fourth-order valence-corrected chi connectivity index (χ4v) is 1.76. The molecule has 0 N–H and O–H groups in total. The summed E-state index contributed by atoms with van der Waals surface area (Å²) in [4.78, 5) is 22.7. The molecule has 0 radical (unpaired) electrons. The number of halogens is 1. The molecule has 0 aliphatic carbocycles. The summed E-state index contributed by atoms with van der Waals surface area (Å²) < 4.78 is 4.92. The Morgan fingerprint density at radius 1 is 1.28 bits per heavy atom. The summed E-state index contributed by atoms with van der Waals surface area (Å²) in [5.74, 6) is -0.259. The van der Waals surface area contributed by atoms with Gasteiger partial charge in [0, 0.05) is 6.42 Å². The third kappa shape index (κ3) is 4.49. The summed E-state index contributed by atoms with van der Waals surface area (Å²) in [6.07, 6.45) is 0.544. The largest absolute Gasteiger partial charge is 0.466 e. The number of ether oxygens (including phenoxy) is 1. The van der Waals surface area contributed by atoms with Crippen LogP contribution in [0, 0.1) is 6.92 Å². The highest BCUT2D eigenvalue weighted by atomic mass is 35.5. The standard InChI is InChI=1S/C14H17ClO3/c1-3-18-14(17)8-12-6-11(5-4-10(12)2)7-13(16)9-15/h4-6H,3,7-9H2,1-2H3.